The zero-order chi connectivity index (χ0) is 16.1. The third-order valence-electron chi connectivity index (χ3n) is 3.02. The SMILES string of the molecule is CSc1nc(-c2ccccc2)nc(Sc2ccccn2)c1C#N. The van der Waals surface area contributed by atoms with Gasteiger partial charge < -0.3 is 0 Å². The van der Waals surface area contributed by atoms with Crippen molar-refractivity contribution >= 4 is 23.5 Å². The molecule has 0 unspecified atom stereocenters. The zero-order valence-corrected chi connectivity index (χ0v) is 13.9. The molecule has 0 bridgehead atoms. The molecule has 0 atom stereocenters. The first-order chi connectivity index (χ1) is 11.3. The van der Waals surface area contributed by atoms with Gasteiger partial charge in [-0.3, -0.25) is 0 Å². The molecule has 0 radical (unpaired) electrons. The Morgan fingerprint density at radius 3 is 2.35 bits per heavy atom. The van der Waals surface area contributed by atoms with Crippen LogP contribution >= 0.6 is 23.5 Å². The van der Waals surface area contributed by atoms with Crippen LogP contribution in [0.25, 0.3) is 11.4 Å². The van der Waals surface area contributed by atoms with E-state index in [1.54, 1.807) is 6.20 Å². The minimum absolute atomic E-state index is 0.493. The predicted octanol–water partition coefficient (Wildman–Crippen LogP) is 4.28. The number of nitrogens with zero attached hydrogens (tertiary/aromatic N) is 4. The molecule has 3 aromatic rings. The molecule has 0 fully saturated rings. The summed E-state index contributed by atoms with van der Waals surface area (Å²) in [6, 6.07) is 17.6. The Balaban J connectivity index is 2.11. The van der Waals surface area contributed by atoms with E-state index < -0.39 is 0 Å². The Morgan fingerprint density at radius 2 is 1.70 bits per heavy atom. The van der Waals surface area contributed by atoms with E-state index in [0.717, 1.165) is 10.6 Å². The lowest BCUT2D eigenvalue weighted by Gasteiger charge is -2.09. The first kappa shape index (κ1) is 15.5. The number of nitriles is 1. The summed E-state index contributed by atoms with van der Waals surface area (Å²) in [5.41, 5.74) is 1.42. The van der Waals surface area contributed by atoms with Crippen LogP contribution in [0.1, 0.15) is 5.56 Å². The van der Waals surface area contributed by atoms with Crippen molar-refractivity contribution in [3.05, 3.63) is 60.3 Å². The smallest absolute Gasteiger partial charge is 0.161 e. The second-order valence-corrected chi connectivity index (χ2v) is 6.29. The second kappa shape index (κ2) is 7.27. The highest BCUT2D eigenvalue weighted by atomic mass is 32.2. The summed E-state index contributed by atoms with van der Waals surface area (Å²) in [4.78, 5) is 13.4. The van der Waals surface area contributed by atoms with E-state index in [1.165, 1.54) is 23.5 Å². The van der Waals surface area contributed by atoms with Crippen molar-refractivity contribution in [1.82, 2.24) is 15.0 Å². The molecule has 6 heteroatoms. The van der Waals surface area contributed by atoms with Crippen molar-refractivity contribution in [2.45, 2.75) is 15.1 Å². The van der Waals surface area contributed by atoms with Gasteiger partial charge in [-0.25, -0.2) is 15.0 Å². The summed E-state index contributed by atoms with van der Waals surface area (Å²) in [7, 11) is 0. The Kier molecular flexibility index (Phi) is 4.91. The monoisotopic (exact) mass is 336 g/mol. The van der Waals surface area contributed by atoms with E-state index >= 15 is 0 Å². The molecule has 0 aliphatic carbocycles. The molecular formula is C17H12N4S2. The van der Waals surface area contributed by atoms with Crippen molar-refractivity contribution in [3.63, 3.8) is 0 Å². The molecular weight excluding hydrogens is 324 g/mol. The van der Waals surface area contributed by atoms with Crippen molar-refractivity contribution in [2.24, 2.45) is 0 Å². The lowest BCUT2D eigenvalue weighted by atomic mass is 10.2. The number of pyridine rings is 1. The summed E-state index contributed by atoms with van der Waals surface area (Å²) < 4.78 is 0. The minimum atomic E-state index is 0.493. The standard InChI is InChI=1S/C17H12N4S2/c1-22-16-13(11-18)17(23-14-9-5-6-10-19-14)21-15(20-16)12-7-3-2-4-8-12/h2-10H,1H3. The van der Waals surface area contributed by atoms with Crippen LogP contribution in [0.4, 0.5) is 0 Å². The van der Waals surface area contributed by atoms with Crippen LogP contribution in [0.5, 0.6) is 0 Å². The molecule has 1 aromatic carbocycles. The van der Waals surface area contributed by atoms with E-state index in [4.69, 9.17) is 0 Å². The van der Waals surface area contributed by atoms with Gasteiger partial charge in [-0.2, -0.15) is 5.26 Å². The average Bonchev–Trinajstić information content (AvgIpc) is 2.62. The fourth-order valence-corrected chi connectivity index (χ4v) is 3.38. The normalized spacial score (nSPS) is 10.3. The number of aromatic nitrogens is 3. The molecule has 0 aliphatic heterocycles. The molecule has 0 saturated carbocycles. The molecule has 0 spiro atoms. The maximum absolute atomic E-state index is 9.49. The van der Waals surface area contributed by atoms with E-state index in [1.807, 2.05) is 54.8 Å². The van der Waals surface area contributed by atoms with Crippen molar-refractivity contribution in [3.8, 4) is 17.5 Å². The maximum atomic E-state index is 9.49. The molecule has 2 aromatic heterocycles. The minimum Gasteiger partial charge on any atom is -0.250 e. The van der Waals surface area contributed by atoms with Gasteiger partial charge >= 0.3 is 0 Å². The largest absolute Gasteiger partial charge is 0.250 e. The average molecular weight is 336 g/mol. The quantitative estimate of drug-likeness (QED) is 0.523. The van der Waals surface area contributed by atoms with Gasteiger partial charge in [0.05, 0.1) is 0 Å². The molecule has 3 rings (SSSR count). The fourth-order valence-electron chi connectivity index (χ4n) is 1.96. The van der Waals surface area contributed by atoms with Crippen LogP contribution < -0.4 is 0 Å². The molecule has 0 N–H and O–H groups in total. The van der Waals surface area contributed by atoms with Crippen molar-refractivity contribution in [2.75, 3.05) is 6.26 Å². The summed E-state index contributed by atoms with van der Waals surface area (Å²) >= 11 is 2.83. The Morgan fingerprint density at radius 1 is 0.957 bits per heavy atom. The topological polar surface area (TPSA) is 62.5 Å². The van der Waals surface area contributed by atoms with Crippen LogP contribution in [-0.4, -0.2) is 21.2 Å². The lowest BCUT2D eigenvalue weighted by Crippen LogP contribution is -1.99. The number of thioether (sulfide) groups is 1. The molecule has 2 heterocycles. The van der Waals surface area contributed by atoms with Crippen LogP contribution in [0.15, 0.2) is 69.8 Å². The van der Waals surface area contributed by atoms with Gasteiger partial charge in [0, 0.05) is 11.8 Å². The van der Waals surface area contributed by atoms with Crippen LogP contribution in [0.2, 0.25) is 0 Å². The van der Waals surface area contributed by atoms with Crippen LogP contribution in [0.3, 0.4) is 0 Å². The number of hydrogen-bond acceptors (Lipinski definition) is 6. The number of benzene rings is 1. The Hall–Kier alpha value is -2.36. The summed E-state index contributed by atoms with van der Waals surface area (Å²) in [5.74, 6) is 0.618. The Bertz CT molecular complexity index is 846. The predicted molar refractivity (Wildman–Crippen MR) is 92.3 cm³/mol. The van der Waals surface area contributed by atoms with Gasteiger partial charge in [-0.15, -0.1) is 11.8 Å². The lowest BCUT2D eigenvalue weighted by molar-refractivity contribution is 0.952. The fraction of sp³-hybridized carbons (Fsp3) is 0.0588. The van der Waals surface area contributed by atoms with Crippen LogP contribution in [0, 0.1) is 11.3 Å². The molecule has 23 heavy (non-hydrogen) atoms. The summed E-state index contributed by atoms with van der Waals surface area (Å²) in [6.45, 7) is 0. The van der Waals surface area contributed by atoms with Gasteiger partial charge in [-0.1, -0.05) is 36.4 Å². The van der Waals surface area contributed by atoms with E-state index in [2.05, 4.69) is 21.0 Å². The van der Waals surface area contributed by atoms with E-state index in [-0.39, 0.29) is 0 Å². The first-order valence-electron chi connectivity index (χ1n) is 6.82. The third-order valence-corrected chi connectivity index (χ3v) is 4.64. The Labute approximate surface area is 143 Å². The first-order valence-corrected chi connectivity index (χ1v) is 8.86. The highest BCUT2D eigenvalue weighted by Crippen LogP contribution is 2.33. The molecule has 0 aliphatic rings. The number of hydrogen-bond donors (Lipinski definition) is 0. The third kappa shape index (κ3) is 3.52. The van der Waals surface area contributed by atoms with Gasteiger partial charge in [-0.05, 0) is 30.2 Å². The van der Waals surface area contributed by atoms with Crippen LogP contribution in [-0.2, 0) is 0 Å². The van der Waals surface area contributed by atoms with Gasteiger partial charge in [0.2, 0.25) is 0 Å². The molecule has 0 amide bonds. The maximum Gasteiger partial charge on any atom is 0.161 e. The van der Waals surface area contributed by atoms with Crippen molar-refractivity contribution in [1.29, 1.82) is 5.26 Å². The highest BCUT2D eigenvalue weighted by Gasteiger charge is 2.16. The molecule has 4 nitrogen and oxygen atoms in total. The summed E-state index contributed by atoms with van der Waals surface area (Å²) in [5, 5.41) is 11.6. The molecule has 112 valence electrons. The zero-order valence-electron chi connectivity index (χ0n) is 12.3. The second-order valence-electron chi connectivity index (χ2n) is 4.48. The van der Waals surface area contributed by atoms with Crippen molar-refractivity contribution < 1.29 is 0 Å². The number of rotatable bonds is 4. The highest BCUT2D eigenvalue weighted by molar-refractivity contribution is 7.99. The van der Waals surface area contributed by atoms with E-state index in [0.29, 0.717) is 21.4 Å². The van der Waals surface area contributed by atoms with Gasteiger partial charge in [0.1, 0.15) is 26.7 Å². The van der Waals surface area contributed by atoms with Gasteiger partial charge in [0.25, 0.3) is 0 Å². The molecule has 0 saturated heterocycles. The van der Waals surface area contributed by atoms with Gasteiger partial charge in [0.15, 0.2) is 5.82 Å². The summed E-state index contributed by atoms with van der Waals surface area (Å²) in [6.07, 6.45) is 3.64. The van der Waals surface area contributed by atoms with E-state index in [9.17, 15) is 5.26 Å².